The Labute approximate surface area is 309 Å². The van der Waals surface area contributed by atoms with Gasteiger partial charge in [0.25, 0.3) is 5.91 Å². The fraction of sp³-hybridized carbons (Fsp3) is 0.378. The molecule has 52 heavy (non-hydrogen) atoms. The number of allylic oxidation sites excluding steroid dienone is 1. The molecule has 1 aliphatic heterocycles. The molecule has 0 aromatic heterocycles. The van der Waals surface area contributed by atoms with E-state index in [2.05, 4.69) is 43.9 Å². The first-order valence-electron chi connectivity index (χ1n) is 18.7. The summed E-state index contributed by atoms with van der Waals surface area (Å²) in [7, 11) is 0. The second-order valence-corrected chi connectivity index (χ2v) is 14.7. The van der Waals surface area contributed by atoms with Gasteiger partial charge in [0.15, 0.2) is 0 Å². The molecular formula is C45H52N2O5. The van der Waals surface area contributed by atoms with Gasteiger partial charge in [0.2, 0.25) is 0 Å². The van der Waals surface area contributed by atoms with Gasteiger partial charge in [-0.05, 0) is 97.4 Å². The minimum absolute atomic E-state index is 0.0659. The van der Waals surface area contributed by atoms with Crippen LogP contribution in [0.25, 0.3) is 5.57 Å². The summed E-state index contributed by atoms with van der Waals surface area (Å²) in [5.74, 6) is 1.26. The van der Waals surface area contributed by atoms with Crippen molar-refractivity contribution in [2.24, 2.45) is 5.92 Å². The van der Waals surface area contributed by atoms with E-state index in [4.69, 9.17) is 14.2 Å². The van der Waals surface area contributed by atoms with Crippen LogP contribution in [0.5, 0.6) is 11.5 Å². The standard InChI is InChI=1S/C45H52N2O5/c1-31(2)23-41(45(49)52-38-17-11-12-18-38)46-22-21-33-19-20-36-27-47(28-37(36)24-33)44(48)40-25-39(32(3)4)42(50-29-34-13-7-5-8-14-34)26-43(40)51-30-35-15-9-6-10-16-35/h5-10,13-16,19-20,24-26,31,38,41,46H,3,11-12,17-18,21-23,27-30H2,1-2,4H3/t41-/m1/s1. The lowest BCUT2D eigenvalue weighted by Gasteiger charge is -2.22. The molecule has 0 spiro atoms. The summed E-state index contributed by atoms with van der Waals surface area (Å²) in [5.41, 5.74) is 7.57. The zero-order valence-corrected chi connectivity index (χ0v) is 30.9. The maximum atomic E-state index is 14.3. The second-order valence-electron chi connectivity index (χ2n) is 14.7. The number of rotatable bonds is 16. The number of hydrogen-bond donors (Lipinski definition) is 1. The van der Waals surface area contributed by atoms with Crippen LogP contribution in [0.3, 0.4) is 0 Å². The maximum absolute atomic E-state index is 14.3. The summed E-state index contributed by atoms with van der Waals surface area (Å²) in [4.78, 5) is 29.2. The van der Waals surface area contributed by atoms with Gasteiger partial charge in [0.1, 0.15) is 36.9 Å². The Morgan fingerprint density at radius 3 is 2.02 bits per heavy atom. The number of amides is 1. The Morgan fingerprint density at radius 2 is 1.40 bits per heavy atom. The highest BCUT2D eigenvalue weighted by Gasteiger charge is 2.29. The van der Waals surface area contributed by atoms with Crippen molar-refractivity contribution in [2.45, 2.75) is 97.7 Å². The molecule has 1 saturated carbocycles. The molecule has 4 aromatic carbocycles. The summed E-state index contributed by atoms with van der Waals surface area (Å²) in [5, 5.41) is 3.49. The smallest absolute Gasteiger partial charge is 0.323 e. The molecule has 7 heteroatoms. The number of benzene rings is 4. The third-order valence-electron chi connectivity index (χ3n) is 9.91. The minimum atomic E-state index is -0.305. The summed E-state index contributed by atoms with van der Waals surface area (Å²) >= 11 is 0. The normalized spacial score (nSPS) is 14.7. The van der Waals surface area contributed by atoms with Crippen LogP contribution in [0.4, 0.5) is 0 Å². The molecule has 7 nitrogen and oxygen atoms in total. The predicted molar refractivity (Wildman–Crippen MR) is 206 cm³/mol. The van der Waals surface area contributed by atoms with Crippen molar-refractivity contribution in [3.05, 3.63) is 137 Å². The number of carbonyl (C=O) groups is 2. The number of esters is 1. The van der Waals surface area contributed by atoms with E-state index in [-0.39, 0.29) is 24.0 Å². The van der Waals surface area contributed by atoms with E-state index in [0.717, 1.165) is 71.9 Å². The molecule has 2 aliphatic rings. The molecule has 1 heterocycles. The number of ether oxygens (including phenoxy) is 3. The highest BCUT2D eigenvalue weighted by molar-refractivity contribution is 5.98. The number of hydrogen-bond acceptors (Lipinski definition) is 6. The quantitative estimate of drug-likeness (QED) is 0.118. The third-order valence-corrected chi connectivity index (χ3v) is 9.91. The van der Waals surface area contributed by atoms with Gasteiger partial charge in [0.05, 0.1) is 5.56 Å². The van der Waals surface area contributed by atoms with Crippen LogP contribution in [-0.4, -0.2) is 35.5 Å². The molecule has 1 fully saturated rings. The van der Waals surface area contributed by atoms with Crippen molar-refractivity contribution in [3.63, 3.8) is 0 Å². The van der Waals surface area contributed by atoms with Gasteiger partial charge in [0, 0.05) is 24.7 Å². The molecular weight excluding hydrogens is 649 g/mol. The molecule has 0 unspecified atom stereocenters. The van der Waals surface area contributed by atoms with E-state index in [1.54, 1.807) is 0 Å². The van der Waals surface area contributed by atoms with Crippen LogP contribution in [0.2, 0.25) is 0 Å². The number of carbonyl (C=O) groups excluding carboxylic acids is 2. The molecule has 4 aromatic rings. The number of nitrogens with zero attached hydrogens (tertiary/aromatic N) is 1. The van der Waals surface area contributed by atoms with Crippen molar-refractivity contribution in [1.82, 2.24) is 10.2 Å². The van der Waals surface area contributed by atoms with E-state index in [9.17, 15) is 9.59 Å². The van der Waals surface area contributed by atoms with Crippen LogP contribution in [0.1, 0.15) is 96.6 Å². The second kappa shape index (κ2) is 17.6. The highest BCUT2D eigenvalue weighted by Crippen LogP contribution is 2.36. The van der Waals surface area contributed by atoms with Gasteiger partial charge >= 0.3 is 5.97 Å². The maximum Gasteiger partial charge on any atom is 0.323 e. The Balaban J connectivity index is 1.15. The lowest BCUT2D eigenvalue weighted by molar-refractivity contribution is -0.151. The SMILES string of the molecule is C=C(C)c1cc(C(=O)N2Cc3ccc(CCN[C@H](CC(C)C)C(=O)OC4CCCC4)cc3C2)c(OCc2ccccc2)cc1OCc1ccccc1. The largest absolute Gasteiger partial charge is 0.488 e. The fourth-order valence-corrected chi connectivity index (χ4v) is 7.07. The zero-order chi connectivity index (χ0) is 36.5. The topological polar surface area (TPSA) is 77.1 Å². The van der Waals surface area contributed by atoms with Gasteiger partial charge in [-0.25, -0.2) is 0 Å². The molecule has 0 radical (unpaired) electrons. The van der Waals surface area contributed by atoms with Crippen LogP contribution in [0.15, 0.2) is 97.6 Å². The Bertz CT molecular complexity index is 1830. The number of fused-ring (bicyclic) bond motifs is 1. The van der Waals surface area contributed by atoms with E-state index in [0.29, 0.717) is 55.8 Å². The fourth-order valence-electron chi connectivity index (χ4n) is 7.07. The first-order chi connectivity index (χ1) is 25.2. The molecule has 1 amide bonds. The predicted octanol–water partition coefficient (Wildman–Crippen LogP) is 9.07. The van der Waals surface area contributed by atoms with Gasteiger partial charge in [-0.1, -0.05) is 99.3 Å². The van der Waals surface area contributed by atoms with E-state index >= 15 is 0 Å². The summed E-state index contributed by atoms with van der Waals surface area (Å²) in [6.07, 6.45) is 5.80. The Kier molecular flexibility index (Phi) is 12.5. The van der Waals surface area contributed by atoms with Crippen molar-refractivity contribution >= 4 is 17.4 Å². The van der Waals surface area contributed by atoms with Crippen LogP contribution in [-0.2, 0) is 42.3 Å². The lowest BCUT2D eigenvalue weighted by atomic mass is 10.0. The average Bonchev–Trinajstić information content (AvgIpc) is 3.83. The van der Waals surface area contributed by atoms with Gasteiger partial charge < -0.3 is 24.4 Å². The minimum Gasteiger partial charge on any atom is -0.488 e. The molecule has 1 atom stereocenters. The van der Waals surface area contributed by atoms with Crippen molar-refractivity contribution < 1.29 is 23.8 Å². The van der Waals surface area contributed by atoms with Crippen molar-refractivity contribution in [1.29, 1.82) is 0 Å². The Hall–Kier alpha value is -4.88. The zero-order valence-electron chi connectivity index (χ0n) is 30.9. The molecule has 0 saturated heterocycles. The average molecular weight is 701 g/mol. The van der Waals surface area contributed by atoms with Gasteiger partial charge in [-0.2, -0.15) is 0 Å². The Morgan fingerprint density at radius 1 is 0.788 bits per heavy atom. The van der Waals surface area contributed by atoms with Crippen LogP contribution < -0.4 is 14.8 Å². The monoisotopic (exact) mass is 700 g/mol. The van der Waals surface area contributed by atoms with Crippen molar-refractivity contribution in [2.75, 3.05) is 6.54 Å². The highest BCUT2D eigenvalue weighted by atomic mass is 16.5. The van der Waals surface area contributed by atoms with E-state index in [1.165, 1.54) is 5.56 Å². The van der Waals surface area contributed by atoms with E-state index < -0.39 is 0 Å². The first kappa shape index (κ1) is 36.9. The number of nitrogens with one attached hydrogen (secondary N) is 1. The lowest BCUT2D eigenvalue weighted by Crippen LogP contribution is -2.41. The summed E-state index contributed by atoms with van der Waals surface area (Å²) in [6, 6.07) is 29.8. The molecule has 0 bridgehead atoms. The van der Waals surface area contributed by atoms with Gasteiger partial charge in [-0.15, -0.1) is 0 Å². The van der Waals surface area contributed by atoms with Crippen LogP contribution in [0, 0.1) is 5.92 Å². The van der Waals surface area contributed by atoms with Gasteiger partial charge in [-0.3, -0.25) is 9.59 Å². The first-order valence-corrected chi connectivity index (χ1v) is 18.7. The molecule has 272 valence electrons. The summed E-state index contributed by atoms with van der Waals surface area (Å²) in [6.45, 7) is 12.8. The van der Waals surface area contributed by atoms with Crippen molar-refractivity contribution in [3.8, 4) is 11.5 Å². The third kappa shape index (κ3) is 9.71. The van der Waals surface area contributed by atoms with Crippen LogP contribution >= 0.6 is 0 Å². The molecule has 1 N–H and O–H groups in total. The molecule has 6 rings (SSSR count). The summed E-state index contributed by atoms with van der Waals surface area (Å²) < 4.78 is 18.5. The molecule has 1 aliphatic carbocycles. The van der Waals surface area contributed by atoms with E-state index in [1.807, 2.05) is 84.6 Å².